The maximum Gasteiger partial charge on any atom is 0.137 e. The molecule has 2 N–H and O–H groups in total. The van der Waals surface area contributed by atoms with E-state index in [2.05, 4.69) is 41.9 Å². The first-order chi connectivity index (χ1) is 7.90. The van der Waals surface area contributed by atoms with Gasteiger partial charge in [-0.3, -0.25) is 0 Å². The fourth-order valence-electron chi connectivity index (χ4n) is 2.80. The highest BCUT2D eigenvalue weighted by atomic mass is 79.9. The van der Waals surface area contributed by atoms with E-state index in [1.165, 1.54) is 17.5 Å². The maximum absolute atomic E-state index is 6.39. The van der Waals surface area contributed by atoms with Gasteiger partial charge >= 0.3 is 0 Å². The van der Waals surface area contributed by atoms with Crippen molar-refractivity contribution in [1.82, 2.24) is 0 Å². The van der Waals surface area contributed by atoms with Gasteiger partial charge in [-0.1, -0.05) is 6.07 Å². The van der Waals surface area contributed by atoms with Crippen LogP contribution in [0.5, 0.6) is 5.75 Å². The van der Waals surface area contributed by atoms with Crippen molar-refractivity contribution in [1.29, 1.82) is 0 Å². The van der Waals surface area contributed by atoms with E-state index in [-0.39, 0.29) is 11.1 Å². The lowest BCUT2D eigenvalue weighted by molar-refractivity contribution is 0.137. The molecule has 0 bridgehead atoms. The summed E-state index contributed by atoms with van der Waals surface area (Å²) in [5.74, 6) is 1.00. The molecule has 1 fully saturated rings. The molecule has 17 heavy (non-hydrogen) atoms. The van der Waals surface area contributed by atoms with E-state index in [1.54, 1.807) is 0 Å². The normalized spacial score (nSPS) is 23.8. The predicted octanol–water partition coefficient (Wildman–Crippen LogP) is 3.50. The number of benzene rings is 1. The van der Waals surface area contributed by atoms with Crippen molar-refractivity contribution in [3.8, 4) is 5.75 Å². The lowest BCUT2D eigenvalue weighted by Gasteiger charge is -2.39. The summed E-state index contributed by atoms with van der Waals surface area (Å²) in [7, 11) is 0. The van der Waals surface area contributed by atoms with E-state index in [0.29, 0.717) is 0 Å². The Morgan fingerprint density at radius 2 is 2.00 bits per heavy atom. The molecule has 1 aliphatic carbocycles. The second-order valence-electron chi connectivity index (χ2n) is 5.99. The van der Waals surface area contributed by atoms with E-state index in [4.69, 9.17) is 10.5 Å². The van der Waals surface area contributed by atoms with Crippen molar-refractivity contribution in [3.05, 3.63) is 27.7 Å². The number of halogens is 1. The van der Waals surface area contributed by atoms with Crippen LogP contribution in [0.15, 0.2) is 16.6 Å². The Kier molecular flexibility index (Phi) is 2.37. The molecule has 1 aromatic rings. The highest BCUT2D eigenvalue weighted by Crippen LogP contribution is 2.46. The van der Waals surface area contributed by atoms with Crippen LogP contribution in [-0.2, 0) is 12.0 Å². The Bertz CT molecular complexity index is 477. The maximum atomic E-state index is 6.39. The van der Waals surface area contributed by atoms with Crippen LogP contribution < -0.4 is 10.5 Å². The number of hydrogen-bond donors (Lipinski definition) is 1. The molecular formula is C14H18BrNO. The quantitative estimate of drug-likeness (QED) is 0.861. The fourth-order valence-corrected chi connectivity index (χ4v) is 3.38. The molecular weight excluding hydrogens is 278 g/mol. The summed E-state index contributed by atoms with van der Waals surface area (Å²) in [6.07, 6.45) is 4.41. The second-order valence-corrected chi connectivity index (χ2v) is 6.85. The van der Waals surface area contributed by atoms with Crippen LogP contribution in [0, 0.1) is 0 Å². The third kappa shape index (κ3) is 1.80. The molecule has 3 rings (SSSR count). The summed E-state index contributed by atoms with van der Waals surface area (Å²) in [6.45, 7) is 4.25. The van der Waals surface area contributed by atoms with Crippen LogP contribution in [0.3, 0.4) is 0 Å². The zero-order valence-electron chi connectivity index (χ0n) is 10.3. The standard InChI is InChI=1S/C14H18BrNO/c1-13(2)8-9-6-10(14(16)4-3-5-14)7-11(15)12(9)17-13/h6-7H,3-5,8,16H2,1-2H3. The molecule has 0 amide bonds. The van der Waals surface area contributed by atoms with Crippen molar-refractivity contribution >= 4 is 15.9 Å². The van der Waals surface area contributed by atoms with Crippen LogP contribution in [0.4, 0.5) is 0 Å². The van der Waals surface area contributed by atoms with Gasteiger partial charge in [0.1, 0.15) is 11.4 Å². The average molecular weight is 296 g/mol. The Hall–Kier alpha value is -0.540. The van der Waals surface area contributed by atoms with Gasteiger partial charge in [-0.25, -0.2) is 0 Å². The Labute approximate surface area is 111 Å². The summed E-state index contributed by atoms with van der Waals surface area (Å²) in [6, 6.07) is 4.38. The minimum atomic E-state index is -0.0930. The van der Waals surface area contributed by atoms with Gasteiger partial charge in [0.15, 0.2) is 0 Å². The van der Waals surface area contributed by atoms with Crippen molar-refractivity contribution in [2.75, 3.05) is 0 Å². The largest absolute Gasteiger partial charge is 0.486 e. The monoisotopic (exact) mass is 295 g/mol. The van der Waals surface area contributed by atoms with Crippen LogP contribution in [0.1, 0.15) is 44.2 Å². The van der Waals surface area contributed by atoms with Crippen molar-refractivity contribution in [2.24, 2.45) is 5.73 Å². The minimum Gasteiger partial charge on any atom is -0.486 e. The molecule has 0 spiro atoms. The third-order valence-corrected chi connectivity index (χ3v) is 4.52. The van der Waals surface area contributed by atoms with Gasteiger partial charge in [-0.2, -0.15) is 0 Å². The second kappa shape index (κ2) is 3.48. The molecule has 0 unspecified atom stereocenters. The van der Waals surface area contributed by atoms with Gasteiger partial charge in [-0.15, -0.1) is 0 Å². The number of nitrogens with two attached hydrogens (primary N) is 1. The van der Waals surface area contributed by atoms with Gasteiger partial charge in [0.25, 0.3) is 0 Å². The molecule has 3 heteroatoms. The van der Waals surface area contributed by atoms with E-state index >= 15 is 0 Å². The Morgan fingerprint density at radius 3 is 2.59 bits per heavy atom. The first-order valence-corrected chi connectivity index (χ1v) is 7.00. The smallest absolute Gasteiger partial charge is 0.137 e. The van der Waals surface area contributed by atoms with Gasteiger partial charge in [0, 0.05) is 12.0 Å². The molecule has 0 aromatic heterocycles. The van der Waals surface area contributed by atoms with E-state index in [9.17, 15) is 0 Å². The van der Waals surface area contributed by atoms with Gasteiger partial charge in [-0.05, 0) is 66.2 Å². The highest BCUT2D eigenvalue weighted by Gasteiger charge is 2.38. The summed E-state index contributed by atoms with van der Waals surface area (Å²) >= 11 is 3.61. The zero-order valence-corrected chi connectivity index (χ0v) is 11.9. The molecule has 0 radical (unpaired) electrons. The molecule has 1 aliphatic heterocycles. The first-order valence-electron chi connectivity index (χ1n) is 6.20. The Balaban J connectivity index is 2.04. The molecule has 92 valence electrons. The summed E-state index contributed by atoms with van der Waals surface area (Å²) < 4.78 is 7.01. The topological polar surface area (TPSA) is 35.2 Å². The van der Waals surface area contributed by atoms with E-state index in [1.807, 2.05) is 0 Å². The SMILES string of the molecule is CC1(C)Cc2cc(C3(N)CCC3)cc(Br)c2O1. The molecule has 1 aromatic carbocycles. The first kappa shape index (κ1) is 11.5. The molecule has 0 saturated heterocycles. The van der Waals surface area contributed by atoms with Gasteiger partial charge < -0.3 is 10.5 Å². The lowest BCUT2D eigenvalue weighted by Crippen LogP contribution is -2.43. The number of rotatable bonds is 1. The lowest BCUT2D eigenvalue weighted by atomic mass is 9.72. The molecule has 2 nitrogen and oxygen atoms in total. The van der Waals surface area contributed by atoms with Crippen LogP contribution >= 0.6 is 15.9 Å². The van der Waals surface area contributed by atoms with Crippen LogP contribution in [0.2, 0.25) is 0 Å². The van der Waals surface area contributed by atoms with E-state index in [0.717, 1.165) is 29.5 Å². The third-order valence-electron chi connectivity index (χ3n) is 3.94. The van der Waals surface area contributed by atoms with Gasteiger partial charge in [0.05, 0.1) is 4.47 Å². The predicted molar refractivity (Wildman–Crippen MR) is 72.3 cm³/mol. The molecule has 2 aliphatic rings. The summed E-state index contributed by atoms with van der Waals surface area (Å²) in [4.78, 5) is 0. The summed E-state index contributed by atoms with van der Waals surface area (Å²) in [5, 5.41) is 0. The summed E-state index contributed by atoms with van der Waals surface area (Å²) in [5.41, 5.74) is 8.76. The van der Waals surface area contributed by atoms with Gasteiger partial charge in [0.2, 0.25) is 0 Å². The fraction of sp³-hybridized carbons (Fsp3) is 0.571. The van der Waals surface area contributed by atoms with Crippen LogP contribution in [-0.4, -0.2) is 5.60 Å². The number of ether oxygens (including phenoxy) is 1. The van der Waals surface area contributed by atoms with Crippen molar-refractivity contribution < 1.29 is 4.74 Å². The van der Waals surface area contributed by atoms with Crippen molar-refractivity contribution in [3.63, 3.8) is 0 Å². The number of hydrogen-bond acceptors (Lipinski definition) is 2. The zero-order chi connectivity index (χ0) is 12.3. The minimum absolute atomic E-state index is 0.0924. The van der Waals surface area contributed by atoms with E-state index < -0.39 is 0 Å². The molecule has 0 atom stereocenters. The Morgan fingerprint density at radius 1 is 1.29 bits per heavy atom. The highest BCUT2D eigenvalue weighted by molar-refractivity contribution is 9.10. The average Bonchev–Trinajstić information content (AvgIpc) is 2.49. The number of fused-ring (bicyclic) bond motifs is 1. The molecule has 1 saturated carbocycles. The van der Waals surface area contributed by atoms with Crippen LogP contribution in [0.25, 0.3) is 0 Å². The molecule has 1 heterocycles. The van der Waals surface area contributed by atoms with Crippen molar-refractivity contribution in [2.45, 2.75) is 50.7 Å².